The van der Waals surface area contributed by atoms with Crippen LogP contribution in [0, 0.1) is 0 Å². The van der Waals surface area contributed by atoms with Gasteiger partial charge in [-0.05, 0) is 37.9 Å². The van der Waals surface area contributed by atoms with E-state index in [1.54, 1.807) is 0 Å². The molecule has 0 saturated carbocycles. The fourth-order valence-electron chi connectivity index (χ4n) is 3.19. The molecule has 0 amide bonds. The van der Waals surface area contributed by atoms with Crippen molar-refractivity contribution >= 4 is 32.3 Å². The van der Waals surface area contributed by atoms with Crippen LogP contribution in [0.3, 0.4) is 0 Å². The average Bonchev–Trinajstić information content (AvgIpc) is 2.54. The Hall–Kier alpha value is -2.16. The van der Waals surface area contributed by atoms with Gasteiger partial charge in [0.15, 0.2) is 0 Å². The van der Waals surface area contributed by atoms with Gasteiger partial charge in [0, 0.05) is 6.54 Å². The van der Waals surface area contributed by atoms with E-state index in [-0.39, 0.29) is 0 Å². The van der Waals surface area contributed by atoms with Crippen LogP contribution in [0.2, 0.25) is 0 Å². The van der Waals surface area contributed by atoms with Crippen LogP contribution in [0.25, 0.3) is 32.3 Å². The van der Waals surface area contributed by atoms with Crippen LogP contribution in [0.1, 0.15) is 5.56 Å². The zero-order chi connectivity index (χ0) is 14.2. The van der Waals surface area contributed by atoms with Crippen molar-refractivity contribution in [1.29, 1.82) is 0 Å². The molecule has 4 aromatic rings. The Morgan fingerprint density at radius 1 is 0.762 bits per heavy atom. The first kappa shape index (κ1) is 12.6. The summed E-state index contributed by atoms with van der Waals surface area (Å²) in [4.78, 5) is 0. The molecular formula is C19H17NO. The van der Waals surface area contributed by atoms with E-state index in [0.29, 0.717) is 19.8 Å². The minimum absolute atomic E-state index is 0.561. The predicted molar refractivity (Wildman–Crippen MR) is 88.9 cm³/mol. The molecule has 0 aliphatic heterocycles. The lowest BCUT2D eigenvalue weighted by molar-refractivity contribution is 0.129. The summed E-state index contributed by atoms with van der Waals surface area (Å²) >= 11 is 0. The van der Waals surface area contributed by atoms with E-state index < -0.39 is 0 Å². The van der Waals surface area contributed by atoms with Crippen molar-refractivity contribution in [3.8, 4) is 0 Å². The van der Waals surface area contributed by atoms with Crippen molar-refractivity contribution in [3.05, 3.63) is 60.2 Å². The number of ether oxygens (including phenoxy) is 1. The maximum absolute atomic E-state index is 5.63. The molecule has 104 valence electrons. The van der Waals surface area contributed by atoms with Crippen molar-refractivity contribution in [2.75, 3.05) is 13.2 Å². The van der Waals surface area contributed by atoms with Crippen LogP contribution >= 0.6 is 0 Å². The fraction of sp³-hybridized carbons (Fsp3) is 0.158. The summed E-state index contributed by atoms with van der Waals surface area (Å²) in [6.45, 7) is 1.78. The third-order valence-electron chi connectivity index (χ3n) is 4.14. The van der Waals surface area contributed by atoms with Crippen LogP contribution < -0.4 is 5.73 Å². The quantitative estimate of drug-likeness (QED) is 0.450. The first-order chi connectivity index (χ1) is 10.4. The number of hydrogen-bond acceptors (Lipinski definition) is 2. The van der Waals surface area contributed by atoms with Gasteiger partial charge in [0.25, 0.3) is 0 Å². The molecule has 0 heterocycles. The summed E-state index contributed by atoms with van der Waals surface area (Å²) in [5.74, 6) is 0. The molecule has 2 N–H and O–H groups in total. The summed E-state index contributed by atoms with van der Waals surface area (Å²) in [7, 11) is 0. The van der Waals surface area contributed by atoms with Gasteiger partial charge in [0.05, 0.1) is 13.2 Å². The van der Waals surface area contributed by atoms with Crippen molar-refractivity contribution in [2.24, 2.45) is 5.73 Å². The first-order valence-corrected chi connectivity index (χ1v) is 7.32. The Morgan fingerprint density at radius 2 is 1.43 bits per heavy atom. The van der Waals surface area contributed by atoms with Crippen LogP contribution in [0.4, 0.5) is 0 Å². The lowest BCUT2D eigenvalue weighted by Gasteiger charge is -2.13. The Morgan fingerprint density at radius 3 is 2.19 bits per heavy atom. The number of hydrogen-bond donors (Lipinski definition) is 1. The molecule has 0 aliphatic carbocycles. The van der Waals surface area contributed by atoms with Crippen molar-refractivity contribution < 1.29 is 4.74 Å². The second-order valence-corrected chi connectivity index (χ2v) is 5.42. The molecule has 0 aliphatic rings. The van der Waals surface area contributed by atoms with Gasteiger partial charge < -0.3 is 10.5 Å². The SMILES string of the molecule is NCCOCc1ccc2ccc3cccc4ccc1c2c34. The molecule has 0 aromatic heterocycles. The minimum Gasteiger partial charge on any atom is -0.375 e. The Kier molecular flexibility index (Phi) is 2.99. The van der Waals surface area contributed by atoms with E-state index in [0.717, 1.165) is 0 Å². The van der Waals surface area contributed by atoms with Gasteiger partial charge in [-0.1, -0.05) is 54.6 Å². The Balaban J connectivity index is 2.01. The molecular weight excluding hydrogens is 258 g/mol. The minimum atomic E-state index is 0.561. The largest absolute Gasteiger partial charge is 0.375 e. The third kappa shape index (κ3) is 1.96. The highest BCUT2D eigenvalue weighted by molar-refractivity contribution is 6.23. The summed E-state index contributed by atoms with van der Waals surface area (Å²) in [5.41, 5.74) is 6.73. The van der Waals surface area contributed by atoms with Gasteiger partial charge in [-0.3, -0.25) is 0 Å². The smallest absolute Gasteiger partial charge is 0.0723 e. The Bertz CT molecular complexity index is 897. The molecule has 0 atom stereocenters. The molecule has 0 fully saturated rings. The van der Waals surface area contributed by atoms with Gasteiger partial charge in [-0.25, -0.2) is 0 Å². The molecule has 0 unspecified atom stereocenters. The van der Waals surface area contributed by atoms with Gasteiger partial charge in [-0.2, -0.15) is 0 Å². The molecule has 4 aromatic carbocycles. The maximum Gasteiger partial charge on any atom is 0.0723 e. The van der Waals surface area contributed by atoms with E-state index in [2.05, 4.69) is 54.6 Å². The van der Waals surface area contributed by atoms with Crippen molar-refractivity contribution in [3.63, 3.8) is 0 Å². The zero-order valence-corrected chi connectivity index (χ0v) is 11.8. The molecule has 4 rings (SSSR count). The van der Waals surface area contributed by atoms with E-state index in [4.69, 9.17) is 10.5 Å². The number of nitrogens with two attached hydrogens (primary N) is 1. The lowest BCUT2D eigenvalue weighted by atomic mass is 9.92. The van der Waals surface area contributed by atoms with E-state index in [1.165, 1.54) is 37.9 Å². The topological polar surface area (TPSA) is 35.2 Å². The predicted octanol–water partition coefficient (Wildman–Crippen LogP) is 4.06. The van der Waals surface area contributed by atoms with E-state index in [9.17, 15) is 0 Å². The second kappa shape index (κ2) is 4.99. The third-order valence-corrected chi connectivity index (χ3v) is 4.14. The highest BCUT2D eigenvalue weighted by Crippen LogP contribution is 2.35. The lowest BCUT2D eigenvalue weighted by Crippen LogP contribution is -2.08. The summed E-state index contributed by atoms with van der Waals surface area (Å²) < 4.78 is 5.63. The van der Waals surface area contributed by atoms with Crippen LogP contribution in [0.15, 0.2) is 54.6 Å². The monoisotopic (exact) mass is 275 g/mol. The molecule has 2 nitrogen and oxygen atoms in total. The molecule has 0 saturated heterocycles. The summed E-state index contributed by atoms with van der Waals surface area (Å²) in [5, 5.41) is 7.87. The summed E-state index contributed by atoms with van der Waals surface area (Å²) in [6.07, 6.45) is 0. The summed E-state index contributed by atoms with van der Waals surface area (Å²) in [6, 6.07) is 19.7. The zero-order valence-electron chi connectivity index (χ0n) is 11.8. The molecule has 0 spiro atoms. The van der Waals surface area contributed by atoms with Gasteiger partial charge in [-0.15, -0.1) is 0 Å². The van der Waals surface area contributed by atoms with Crippen LogP contribution in [0.5, 0.6) is 0 Å². The molecule has 21 heavy (non-hydrogen) atoms. The second-order valence-electron chi connectivity index (χ2n) is 5.42. The first-order valence-electron chi connectivity index (χ1n) is 7.32. The molecule has 0 radical (unpaired) electrons. The highest BCUT2D eigenvalue weighted by atomic mass is 16.5. The molecule has 0 bridgehead atoms. The number of benzene rings is 4. The average molecular weight is 275 g/mol. The molecule has 2 heteroatoms. The van der Waals surface area contributed by atoms with Crippen LogP contribution in [-0.2, 0) is 11.3 Å². The Labute approximate surface area is 123 Å². The van der Waals surface area contributed by atoms with E-state index >= 15 is 0 Å². The fourth-order valence-corrected chi connectivity index (χ4v) is 3.19. The normalized spacial score (nSPS) is 11.9. The number of rotatable bonds is 4. The maximum atomic E-state index is 5.63. The van der Waals surface area contributed by atoms with Crippen LogP contribution in [-0.4, -0.2) is 13.2 Å². The van der Waals surface area contributed by atoms with Crippen molar-refractivity contribution in [2.45, 2.75) is 6.61 Å². The van der Waals surface area contributed by atoms with E-state index in [1.807, 2.05) is 0 Å². The van der Waals surface area contributed by atoms with Crippen molar-refractivity contribution in [1.82, 2.24) is 0 Å². The highest BCUT2D eigenvalue weighted by Gasteiger charge is 2.10. The van der Waals surface area contributed by atoms with Gasteiger partial charge in [0.2, 0.25) is 0 Å². The van der Waals surface area contributed by atoms with Gasteiger partial charge in [0.1, 0.15) is 0 Å². The standard InChI is InChI=1S/C19H17NO/c20-10-11-21-12-16-7-6-15-5-4-13-2-1-3-14-8-9-17(16)19(15)18(13)14/h1-9H,10-12,20H2. The van der Waals surface area contributed by atoms with Gasteiger partial charge >= 0.3 is 0 Å².